The number of piperidine rings is 1. The third-order valence-corrected chi connectivity index (χ3v) is 6.15. The molecule has 8 heteroatoms. The van der Waals surface area contributed by atoms with Crippen molar-refractivity contribution in [1.82, 2.24) is 14.8 Å². The molecule has 1 aliphatic carbocycles. The third kappa shape index (κ3) is 4.46. The summed E-state index contributed by atoms with van der Waals surface area (Å²) in [4.78, 5) is 19.0. The van der Waals surface area contributed by atoms with E-state index < -0.39 is 6.10 Å². The molecular formula is C22H28N6O2. The highest BCUT2D eigenvalue weighted by Crippen LogP contribution is 2.28. The second kappa shape index (κ2) is 9.26. The van der Waals surface area contributed by atoms with Gasteiger partial charge in [0.2, 0.25) is 0 Å². The van der Waals surface area contributed by atoms with Crippen LogP contribution in [0.4, 0.5) is 11.6 Å². The van der Waals surface area contributed by atoms with Crippen molar-refractivity contribution in [1.29, 1.82) is 5.26 Å². The van der Waals surface area contributed by atoms with Gasteiger partial charge in [-0.25, -0.2) is 9.67 Å². The lowest BCUT2D eigenvalue weighted by Gasteiger charge is -2.37. The van der Waals surface area contributed by atoms with Crippen LogP contribution in [-0.4, -0.2) is 45.1 Å². The normalized spacial score (nSPS) is 24.3. The van der Waals surface area contributed by atoms with Crippen LogP contribution in [0.15, 0.2) is 35.3 Å². The van der Waals surface area contributed by atoms with Crippen LogP contribution in [0, 0.1) is 11.3 Å². The number of nitriles is 1. The summed E-state index contributed by atoms with van der Waals surface area (Å²) in [6, 6.07) is 9.00. The maximum Gasteiger partial charge on any atom is 0.267 e. The molecule has 0 radical (unpaired) electrons. The lowest BCUT2D eigenvalue weighted by atomic mass is 9.93. The number of nitrogens with zero attached hydrogens (tertiary/aromatic N) is 5. The molecule has 0 spiro atoms. The van der Waals surface area contributed by atoms with Crippen molar-refractivity contribution in [3.63, 3.8) is 0 Å². The Morgan fingerprint density at radius 3 is 2.73 bits per heavy atom. The first-order valence-corrected chi connectivity index (χ1v) is 10.8. The van der Waals surface area contributed by atoms with Crippen LogP contribution in [0.5, 0.6) is 0 Å². The molecule has 1 saturated carbocycles. The van der Waals surface area contributed by atoms with Crippen molar-refractivity contribution in [2.24, 2.45) is 0 Å². The Balaban J connectivity index is 1.51. The van der Waals surface area contributed by atoms with Crippen LogP contribution in [0.1, 0.15) is 56.6 Å². The summed E-state index contributed by atoms with van der Waals surface area (Å²) in [5, 5.41) is 27.4. The Hall–Kier alpha value is -2.92. The Kier molecular flexibility index (Phi) is 6.29. The zero-order valence-corrected chi connectivity index (χ0v) is 17.1. The molecule has 2 N–H and O–H groups in total. The standard InChI is InChI=1S/C22H28N6O2/c23-13-16-8-9-20(24-14-16)25-15-17-5-3-4-12-27(17)21-10-11-22(30)28(26-21)18-6-1-2-7-19(18)29/h8-11,14,17-19,29H,1-7,12,15H2,(H,24,25). The van der Waals surface area contributed by atoms with E-state index >= 15 is 0 Å². The quantitative estimate of drug-likeness (QED) is 0.782. The van der Waals surface area contributed by atoms with Crippen LogP contribution in [0.25, 0.3) is 0 Å². The molecule has 3 atom stereocenters. The fourth-order valence-corrected chi connectivity index (χ4v) is 4.48. The Labute approximate surface area is 176 Å². The Bertz CT molecular complexity index is 951. The van der Waals surface area contributed by atoms with Gasteiger partial charge in [0.25, 0.3) is 5.56 Å². The first kappa shape index (κ1) is 20.4. The van der Waals surface area contributed by atoms with E-state index in [4.69, 9.17) is 5.26 Å². The molecule has 158 valence electrons. The Morgan fingerprint density at radius 2 is 1.97 bits per heavy atom. The van der Waals surface area contributed by atoms with Gasteiger partial charge in [0.05, 0.1) is 17.7 Å². The van der Waals surface area contributed by atoms with Gasteiger partial charge in [-0.15, -0.1) is 0 Å². The van der Waals surface area contributed by atoms with Gasteiger partial charge in [-0.3, -0.25) is 4.79 Å². The van der Waals surface area contributed by atoms with Crippen molar-refractivity contribution in [3.05, 3.63) is 46.4 Å². The molecule has 3 unspecified atom stereocenters. The van der Waals surface area contributed by atoms with Crippen molar-refractivity contribution in [3.8, 4) is 6.07 Å². The summed E-state index contributed by atoms with van der Waals surface area (Å²) in [5.74, 6) is 1.52. The number of nitrogens with one attached hydrogen (secondary N) is 1. The van der Waals surface area contributed by atoms with Crippen LogP contribution >= 0.6 is 0 Å². The predicted octanol–water partition coefficient (Wildman–Crippen LogP) is 2.46. The minimum atomic E-state index is -0.513. The van der Waals surface area contributed by atoms with E-state index in [0.29, 0.717) is 12.1 Å². The zero-order chi connectivity index (χ0) is 20.9. The minimum Gasteiger partial charge on any atom is -0.391 e. The SMILES string of the molecule is N#Cc1ccc(NCC2CCCCN2c2ccc(=O)n(C3CCCCC3O)n2)nc1. The van der Waals surface area contributed by atoms with Gasteiger partial charge < -0.3 is 15.3 Å². The van der Waals surface area contributed by atoms with Gasteiger partial charge in [-0.05, 0) is 50.3 Å². The average molecular weight is 409 g/mol. The van der Waals surface area contributed by atoms with Crippen LogP contribution < -0.4 is 15.8 Å². The molecule has 0 bridgehead atoms. The van der Waals surface area contributed by atoms with Gasteiger partial charge in [0.15, 0.2) is 0 Å². The maximum absolute atomic E-state index is 12.5. The van der Waals surface area contributed by atoms with E-state index in [1.54, 1.807) is 24.4 Å². The summed E-state index contributed by atoms with van der Waals surface area (Å²) in [5.41, 5.74) is 0.384. The van der Waals surface area contributed by atoms with E-state index in [1.807, 2.05) is 6.07 Å². The Morgan fingerprint density at radius 1 is 1.13 bits per heavy atom. The highest BCUT2D eigenvalue weighted by atomic mass is 16.3. The largest absolute Gasteiger partial charge is 0.391 e. The highest BCUT2D eigenvalue weighted by molar-refractivity contribution is 5.42. The van der Waals surface area contributed by atoms with E-state index in [0.717, 1.165) is 63.1 Å². The summed E-state index contributed by atoms with van der Waals surface area (Å²) in [7, 11) is 0. The first-order valence-electron chi connectivity index (χ1n) is 10.8. The van der Waals surface area contributed by atoms with Gasteiger partial charge >= 0.3 is 0 Å². The van der Waals surface area contributed by atoms with E-state index in [2.05, 4.69) is 26.4 Å². The molecule has 1 saturated heterocycles. The molecule has 8 nitrogen and oxygen atoms in total. The number of aromatic nitrogens is 3. The van der Waals surface area contributed by atoms with E-state index in [1.165, 1.54) is 4.68 Å². The van der Waals surface area contributed by atoms with Crippen LogP contribution in [0.3, 0.4) is 0 Å². The number of anilines is 2. The smallest absolute Gasteiger partial charge is 0.267 e. The number of aliphatic hydroxyl groups is 1. The van der Waals surface area contributed by atoms with Crippen molar-refractivity contribution >= 4 is 11.6 Å². The minimum absolute atomic E-state index is 0.154. The number of hydrogen-bond acceptors (Lipinski definition) is 7. The zero-order valence-electron chi connectivity index (χ0n) is 17.1. The molecular weight excluding hydrogens is 380 g/mol. The fourth-order valence-electron chi connectivity index (χ4n) is 4.48. The molecule has 2 aromatic rings. The fraction of sp³-hybridized carbons (Fsp3) is 0.545. The molecule has 3 heterocycles. The molecule has 4 rings (SSSR count). The number of aliphatic hydroxyl groups excluding tert-OH is 1. The highest BCUT2D eigenvalue weighted by Gasteiger charge is 2.28. The molecule has 1 aliphatic heterocycles. The van der Waals surface area contributed by atoms with Gasteiger partial charge in [-0.2, -0.15) is 10.4 Å². The predicted molar refractivity (Wildman–Crippen MR) is 114 cm³/mol. The number of pyridine rings is 1. The lowest BCUT2D eigenvalue weighted by molar-refractivity contribution is 0.0669. The van der Waals surface area contributed by atoms with Gasteiger partial charge in [-0.1, -0.05) is 12.8 Å². The van der Waals surface area contributed by atoms with E-state index in [-0.39, 0.29) is 17.6 Å². The molecule has 0 aromatic carbocycles. The van der Waals surface area contributed by atoms with Crippen molar-refractivity contribution in [2.45, 2.75) is 63.1 Å². The van der Waals surface area contributed by atoms with E-state index in [9.17, 15) is 9.90 Å². The second-order valence-electron chi connectivity index (χ2n) is 8.16. The van der Waals surface area contributed by atoms with Crippen molar-refractivity contribution in [2.75, 3.05) is 23.3 Å². The summed E-state index contributed by atoms with van der Waals surface area (Å²) < 4.78 is 1.50. The monoisotopic (exact) mass is 408 g/mol. The van der Waals surface area contributed by atoms with Gasteiger partial charge in [0.1, 0.15) is 17.7 Å². The molecule has 0 amide bonds. The lowest BCUT2D eigenvalue weighted by Crippen LogP contribution is -2.45. The van der Waals surface area contributed by atoms with Crippen LogP contribution in [0.2, 0.25) is 0 Å². The van der Waals surface area contributed by atoms with Crippen molar-refractivity contribution < 1.29 is 5.11 Å². The summed E-state index contributed by atoms with van der Waals surface area (Å²) in [6.45, 7) is 1.58. The molecule has 2 aromatic heterocycles. The third-order valence-electron chi connectivity index (χ3n) is 6.15. The van der Waals surface area contributed by atoms with Gasteiger partial charge in [0, 0.05) is 31.4 Å². The summed E-state index contributed by atoms with van der Waals surface area (Å²) >= 11 is 0. The first-order chi connectivity index (χ1) is 14.7. The maximum atomic E-state index is 12.5. The molecule has 30 heavy (non-hydrogen) atoms. The molecule has 2 aliphatic rings. The number of rotatable bonds is 5. The summed E-state index contributed by atoms with van der Waals surface area (Å²) in [6.07, 6.45) is 7.81. The second-order valence-corrected chi connectivity index (χ2v) is 8.16. The van der Waals surface area contributed by atoms with Crippen LogP contribution in [-0.2, 0) is 0 Å². The average Bonchev–Trinajstić information content (AvgIpc) is 2.79. The topological polar surface area (TPSA) is 107 Å². The molecule has 2 fully saturated rings. The number of hydrogen-bond donors (Lipinski definition) is 2.